The van der Waals surface area contributed by atoms with Crippen molar-refractivity contribution in [3.05, 3.63) is 113 Å². The molecule has 0 aromatic heterocycles. The highest BCUT2D eigenvalue weighted by Crippen LogP contribution is 2.46. The molecule has 0 saturated heterocycles. The first-order valence-electron chi connectivity index (χ1n) is 8.63. The number of rotatable bonds is 3. The fraction of sp³-hybridized carbons (Fsp3) is 0.125. The molecule has 0 radical (unpaired) electrons. The molecule has 3 aromatic rings. The van der Waals surface area contributed by atoms with Gasteiger partial charge in [-0.2, -0.15) is 0 Å². The average molecular weight is 324 g/mol. The summed E-state index contributed by atoms with van der Waals surface area (Å²) in [6.45, 7) is 2.17. The van der Waals surface area contributed by atoms with Crippen molar-refractivity contribution in [2.75, 3.05) is 0 Å². The van der Waals surface area contributed by atoms with E-state index in [4.69, 9.17) is 0 Å². The molecule has 0 N–H and O–H groups in total. The predicted octanol–water partition coefficient (Wildman–Crippen LogP) is 5.64. The Kier molecular flexibility index (Phi) is 3.85. The van der Waals surface area contributed by atoms with Crippen LogP contribution in [-0.4, -0.2) is 5.78 Å². The van der Waals surface area contributed by atoms with Crippen molar-refractivity contribution in [1.29, 1.82) is 0 Å². The maximum atomic E-state index is 13.5. The van der Waals surface area contributed by atoms with Crippen LogP contribution in [0.5, 0.6) is 0 Å². The lowest BCUT2D eigenvalue weighted by atomic mass is 9.63. The van der Waals surface area contributed by atoms with E-state index in [1.165, 1.54) is 0 Å². The first kappa shape index (κ1) is 15.6. The van der Waals surface area contributed by atoms with E-state index in [0.29, 0.717) is 0 Å². The van der Waals surface area contributed by atoms with Gasteiger partial charge in [0.05, 0.1) is 5.92 Å². The van der Waals surface area contributed by atoms with Crippen LogP contribution in [0.15, 0.2) is 91.0 Å². The Bertz CT molecular complexity index is 925. The zero-order chi connectivity index (χ0) is 17.3. The summed E-state index contributed by atoms with van der Waals surface area (Å²) in [5.74, 6) is -0.0674. The minimum atomic E-state index is -0.372. The Morgan fingerprint density at radius 1 is 0.800 bits per heavy atom. The molecule has 0 unspecified atom stereocenters. The smallest absolute Gasteiger partial charge is 0.171 e. The zero-order valence-electron chi connectivity index (χ0n) is 14.2. The number of carbonyl (C=O) groups excluding carboxylic acids is 1. The van der Waals surface area contributed by atoms with E-state index < -0.39 is 0 Å². The predicted molar refractivity (Wildman–Crippen MR) is 103 cm³/mol. The molecule has 25 heavy (non-hydrogen) atoms. The van der Waals surface area contributed by atoms with Crippen molar-refractivity contribution in [1.82, 2.24) is 0 Å². The van der Waals surface area contributed by atoms with Crippen LogP contribution >= 0.6 is 0 Å². The van der Waals surface area contributed by atoms with Gasteiger partial charge in [0.2, 0.25) is 0 Å². The van der Waals surface area contributed by atoms with Gasteiger partial charge in [-0.1, -0.05) is 104 Å². The molecular weight excluding hydrogens is 304 g/mol. The van der Waals surface area contributed by atoms with Crippen LogP contribution in [0.25, 0.3) is 6.08 Å². The first-order valence-corrected chi connectivity index (χ1v) is 8.63. The highest BCUT2D eigenvalue weighted by Gasteiger charge is 2.42. The van der Waals surface area contributed by atoms with Crippen LogP contribution in [0, 0.1) is 0 Å². The molecule has 2 atom stereocenters. The van der Waals surface area contributed by atoms with E-state index in [1.54, 1.807) is 0 Å². The molecular formula is C24H20O. The average Bonchev–Trinajstić information content (AvgIpc) is 2.69. The molecule has 122 valence electrons. The highest BCUT2D eigenvalue weighted by atomic mass is 16.1. The van der Waals surface area contributed by atoms with Crippen molar-refractivity contribution >= 4 is 11.9 Å². The standard InChI is InChI=1S/C24H20O/c1-24(20-13-6-3-7-14-20)17-16-18-10-8-9-15-21(18)22(24)23(25)19-11-4-2-5-12-19/h2-17,22H,1H3/t22-,24-/m1/s1. The second-order valence-corrected chi connectivity index (χ2v) is 6.77. The number of Topliss-reactive ketones (excluding diaryl/α,β-unsaturated/α-hetero) is 1. The summed E-state index contributed by atoms with van der Waals surface area (Å²) in [6, 6.07) is 28.2. The molecule has 1 aliphatic rings. The zero-order valence-corrected chi connectivity index (χ0v) is 14.2. The minimum Gasteiger partial charge on any atom is -0.293 e. The number of ketones is 1. The Balaban J connectivity index is 1.91. The molecule has 4 rings (SSSR count). The second kappa shape index (κ2) is 6.18. The lowest BCUT2D eigenvalue weighted by Gasteiger charge is -2.39. The summed E-state index contributed by atoms with van der Waals surface area (Å²) in [5, 5.41) is 0. The second-order valence-electron chi connectivity index (χ2n) is 6.77. The van der Waals surface area contributed by atoms with Crippen molar-refractivity contribution in [2.45, 2.75) is 18.3 Å². The van der Waals surface area contributed by atoms with E-state index in [9.17, 15) is 4.79 Å². The van der Waals surface area contributed by atoms with Gasteiger partial charge in [0.15, 0.2) is 5.78 Å². The quantitative estimate of drug-likeness (QED) is 0.570. The molecule has 0 bridgehead atoms. The maximum absolute atomic E-state index is 13.5. The third kappa shape index (κ3) is 2.62. The number of carbonyl (C=O) groups is 1. The first-order chi connectivity index (χ1) is 12.2. The largest absolute Gasteiger partial charge is 0.293 e. The number of hydrogen-bond donors (Lipinski definition) is 0. The van der Waals surface area contributed by atoms with Gasteiger partial charge in [-0.15, -0.1) is 0 Å². The molecule has 0 heterocycles. The Morgan fingerprint density at radius 3 is 2.12 bits per heavy atom. The molecule has 1 nitrogen and oxygen atoms in total. The van der Waals surface area contributed by atoms with E-state index in [0.717, 1.165) is 22.3 Å². The molecule has 3 aromatic carbocycles. The number of allylic oxidation sites excluding steroid dienone is 1. The van der Waals surface area contributed by atoms with E-state index in [-0.39, 0.29) is 17.1 Å². The van der Waals surface area contributed by atoms with Crippen molar-refractivity contribution in [2.24, 2.45) is 0 Å². The SMILES string of the molecule is C[C@]1(c2ccccc2)C=Cc2ccccc2[C@@H]1C(=O)c1ccccc1. The van der Waals surface area contributed by atoms with E-state index in [2.05, 4.69) is 43.3 Å². The van der Waals surface area contributed by atoms with Gasteiger partial charge in [-0.05, 0) is 16.7 Å². The van der Waals surface area contributed by atoms with Gasteiger partial charge in [0.1, 0.15) is 0 Å². The van der Waals surface area contributed by atoms with Gasteiger partial charge in [0.25, 0.3) is 0 Å². The minimum absolute atomic E-state index is 0.170. The normalized spacial score (nSPS) is 21.6. The molecule has 1 aliphatic carbocycles. The fourth-order valence-corrected chi connectivity index (χ4v) is 3.85. The molecule has 1 heteroatoms. The van der Waals surface area contributed by atoms with Crippen LogP contribution in [0.2, 0.25) is 0 Å². The van der Waals surface area contributed by atoms with E-state index >= 15 is 0 Å². The summed E-state index contributed by atoms with van der Waals surface area (Å²) < 4.78 is 0. The van der Waals surface area contributed by atoms with Crippen LogP contribution in [0.1, 0.15) is 39.9 Å². The third-order valence-electron chi connectivity index (χ3n) is 5.23. The van der Waals surface area contributed by atoms with Gasteiger partial charge < -0.3 is 0 Å². The number of benzene rings is 3. The summed E-state index contributed by atoms with van der Waals surface area (Å²) in [4.78, 5) is 13.5. The molecule has 0 fully saturated rings. The molecule has 0 spiro atoms. The van der Waals surface area contributed by atoms with Crippen LogP contribution in [0.4, 0.5) is 0 Å². The van der Waals surface area contributed by atoms with Crippen molar-refractivity contribution in [3.63, 3.8) is 0 Å². The van der Waals surface area contributed by atoms with E-state index in [1.807, 2.05) is 60.7 Å². The summed E-state index contributed by atoms with van der Waals surface area (Å²) in [7, 11) is 0. The van der Waals surface area contributed by atoms with Crippen molar-refractivity contribution < 1.29 is 4.79 Å². The molecule has 0 aliphatic heterocycles. The van der Waals surface area contributed by atoms with Crippen LogP contribution in [0.3, 0.4) is 0 Å². The summed E-state index contributed by atoms with van der Waals surface area (Å²) >= 11 is 0. The highest BCUT2D eigenvalue weighted by molar-refractivity contribution is 6.03. The van der Waals surface area contributed by atoms with Gasteiger partial charge >= 0.3 is 0 Å². The van der Waals surface area contributed by atoms with Crippen LogP contribution < -0.4 is 0 Å². The monoisotopic (exact) mass is 324 g/mol. The fourth-order valence-electron chi connectivity index (χ4n) is 3.85. The number of hydrogen-bond acceptors (Lipinski definition) is 1. The van der Waals surface area contributed by atoms with Gasteiger partial charge in [-0.3, -0.25) is 4.79 Å². The molecule has 0 saturated carbocycles. The van der Waals surface area contributed by atoms with Crippen molar-refractivity contribution in [3.8, 4) is 0 Å². The third-order valence-corrected chi connectivity index (χ3v) is 5.23. The molecule has 0 amide bonds. The van der Waals surface area contributed by atoms with Crippen LogP contribution in [-0.2, 0) is 5.41 Å². The topological polar surface area (TPSA) is 17.1 Å². The van der Waals surface area contributed by atoms with Gasteiger partial charge in [-0.25, -0.2) is 0 Å². The Labute approximate surface area is 148 Å². The lowest BCUT2D eigenvalue weighted by Crippen LogP contribution is -2.36. The lowest BCUT2D eigenvalue weighted by molar-refractivity contribution is 0.0931. The van der Waals surface area contributed by atoms with Gasteiger partial charge in [0, 0.05) is 11.0 Å². The number of fused-ring (bicyclic) bond motifs is 1. The summed E-state index contributed by atoms with van der Waals surface area (Å²) in [6.07, 6.45) is 4.34. The maximum Gasteiger partial charge on any atom is 0.171 e. The summed E-state index contributed by atoms with van der Waals surface area (Å²) in [5.41, 5.74) is 3.79. The Hall–Kier alpha value is -2.93. The Morgan fingerprint density at radius 2 is 1.40 bits per heavy atom.